The molecule has 0 aromatic heterocycles. The van der Waals surface area contributed by atoms with Gasteiger partial charge in [-0.05, 0) is 50.1 Å². The Balaban J connectivity index is 1.85. The van der Waals surface area contributed by atoms with Crippen LogP contribution in [0.4, 0.5) is 5.69 Å². The highest BCUT2D eigenvalue weighted by molar-refractivity contribution is 7.92. The first-order valence-electron chi connectivity index (χ1n) is 9.38. The van der Waals surface area contributed by atoms with Gasteiger partial charge in [-0.15, -0.1) is 0 Å². The maximum Gasteiger partial charge on any atom is 0.232 e. The summed E-state index contributed by atoms with van der Waals surface area (Å²) in [7, 11) is -3.49. The first-order chi connectivity index (χ1) is 13.7. The molecule has 2 rings (SSSR count). The van der Waals surface area contributed by atoms with Crippen LogP contribution in [0.1, 0.15) is 25.3 Å². The summed E-state index contributed by atoms with van der Waals surface area (Å²) in [6.45, 7) is 4.19. The number of nitrogens with zero attached hydrogens (tertiary/aromatic N) is 1. The summed E-state index contributed by atoms with van der Waals surface area (Å²) >= 11 is 6.13. The lowest BCUT2D eigenvalue weighted by Crippen LogP contribution is -2.37. The van der Waals surface area contributed by atoms with Crippen molar-refractivity contribution in [3.63, 3.8) is 0 Å². The molecule has 0 heterocycles. The standard InChI is InChI=1S/C21H27ClN2O4S/c1-16(15-28-18-9-5-4-6-10-18)23-21(25)13-8-14-24(29(3,26)27)20-12-7-11-19(22)17(20)2/h4-7,9-12,16H,8,13-15H2,1-3H3,(H,23,25). The van der Waals surface area contributed by atoms with Gasteiger partial charge in [0.1, 0.15) is 12.4 Å². The molecule has 1 unspecified atom stereocenters. The second kappa shape index (κ2) is 10.5. The van der Waals surface area contributed by atoms with Crippen LogP contribution in [0.15, 0.2) is 48.5 Å². The molecule has 1 atom stereocenters. The summed E-state index contributed by atoms with van der Waals surface area (Å²) in [6.07, 6.45) is 1.74. The largest absolute Gasteiger partial charge is 0.491 e. The van der Waals surface area contributed by atoms with Gasteiger partial charge >= 0.3 is 0 Å². The van der Waals surface area contributed by atoms with E-state index in [0.717, 1.165) is 12.0 Å². The maximum atomic E-state index is 12.2. The van der Waals surface area contributed by atoms with Crippen LogP contribution in [0, 0.1) is 6.92 Å². The first kappa shape index (κ1) is 23.0. The molecule has 1 amide bonds. The summed E-state index contributed by atoms with van der Waals surface area (Å²) in [6, 6.07) is 14.4. The Kier molecular flexibility index (Phi) is 8.34. The molecule has 8 heteroatoms. The van der Waals surface area contributed by atoms with Gasteiger partial charge in [-0.1, -0.05) is 35.9 Å². The Bertz CT molecular complexity index is 920. The Labute approximate surface area is 177 Å². The topological polar surface area (TPSA) is 75.7 Å². The van der Waals surface area contributed by atoms with Gasteiger partial charge in [0.25, 0.3) is 0 Å². The average molecular weight is 439 g/mol. The predicted molar refractivity (Wildman–Crippen MR) is 117 cm³/mol. The van der Waals surface area contributed by atoms with Crippen molar-refractivity contribution in [2.24, 2.45) is 0 Å². The summed E-state index contributed by atoms with van der Waals surface area (Å²) in [5.74, 6) is 0.597. The van der Waals surface area contributed by atoms with E-state index in [4.69, 9.17) is 16.3 Å². The third-order valence-electron chi connectivity index (χ3n) is 4.32. The molecule has 2 aromatic rings. The molecule has 0 aliphatic carbocycles. The van der Waals surface area contributed by atoms with Crippen LogP contribution >= 0.6 is 11.6 Å². The molecule has 0 saturated heterocycles. The zero-order chi connectivity index (χ0) is 21.4. The van der Waals surface area contributed by atoms with Gasteiger partial charge in [0.2, 0.25) is 15.9 Å². The van der Waals surface area contributed by atoms with Crippen LogP contribution in [-0.2, 0) is 14.8 Å². The molecular weight excluding hydrogens is 412 g/mol. The number of hydrogen-bond acceptors (Lipinski definition) is 4. The molecule has 29 heavy (non-hydrogen) atoms. The van der Waals surface area contributed by atoms with Crippen molar-refractivity contribution in [2.75, 3.05) is 23.7 Å². The van der Waals surface area contributed by atoms with E-state index in [1.54, 1.807) is 25.1 Å². The van der Waals surface area contributed by atoms with Crippen LogP contribution in [-0.4, -0.2) is 39.8 Å². The van der Waals surface area contributed by atoms with E-state index in [9.17, 15) is 13.2 Å². The van der Waals surface area contributed by atoms with Gasteiger partial charge in [-0.2, -0.15) is 0 Å². The molecule has 0 fully saturated rings. The summed E-state index contributed by atoms with van der Waals surface area (Å²) in [4.78, 5) is 12.2. The summed E-state index contributed by atoms with van der Waals surface area (Å²) in [5.41, 5.74) is 1.22. The van der Waals surface area contributed by atoms with Crippen molar-refractivity contribution in [2.45, 2.75) is 32.7 Å². The van der Waals surface area contributed by atoms with Crippen molar-refractivity contribution in [1.29, 1.82) is 0 Å². The Morgan fingerprint density at radius 2 is 1.86 bits per heavy atom. The second-order valence-electron chi connectivity index (χ2n) is 6.92. The lowest BCUT2D eigenvalue weighted by atomic mass is 10.2. The molecule has 0 aliphatic rings. The molecule has 0 bridgehead atoms. The van der Waals surface area contributed by atoms with E-state index >= 15 is 0 Å². The smallest absolute Gasteiger partial charge is 0.232 e. The van der Waals surface area contributed by atoms with Crippen molar-refractivity contribution >= 4 is 33.2 Å². The fourth-order valence-electron chi connectivity index (χ4n) is 2.84. The van der Waals surface area contributed by atoms with Crippen LogP contribution < -0.4 is 14.4 Å². The lowest BCUT2D eigenvalue weighted by molar-refractivity contribution is -0.121. The minimum Gasteiger partial charge on any atom is -0.491 e. The fraction of sp³-hybridized carbons (Fsp3) is 0.381. The summed E-state index contributed by atoms with van der Waals surface area (Å²) in [5, 5.41) is 3.37. The van der Waals surface area contributed by atoms with Crippen molar-refractivity contribution in [1.82, 2.24) is 5.32 Å². The predicted octanol–water partition coefficient (Wildman–Crippen LogP) is 3.78. The highest BCUT2D eigenvalue weighted by Crippen LogP contribution is 2.28. The lowest BCUT2D eigenvalue weighted by Gasteiger charge is -2.24. The third kappa shape index (κ3) is 7.25. The minimum absolute atomic E-state index is 0.148. The van der Waals surface area contributed by atoms with Crippen molar-refractivity contribution in [3.8, 4) is 5.75 Å². The van der Waals surface area contributed by atoms with E-state index in [1.165, 1.54) is 4.31 Å². The van der Waals surface area contributed by atoms with Gasteiger partial charge < -0.3 is 10.1 Å². The molecule has 0 radical (unpaired) electrons. The van der Waals surface area contributed by atoms with E-state index in [0.29, 0.717) is 29.3 Å². The molecular formula is C21H27ClN2O4S. The molecule has 1 N–H and O–H groups in total. The number of rotatable bonds is 10. The van der Waals surface area contributed by atoms with Crippen LogP contribution in [0.5, 0.6) is 5.75 Å². The Morgan fingerprint density at radius 3 is 2.52 bits per heavy atom. The first-order valence-corrected chi connectivity index (χ1v) is 11.6. The highest BCUT2D eigenvalue weighted by atomic mass is 35.5. The van der Waals surface area contributed by atoms with E-state index in [2.05, 4.69) is 5.32 Å². The number of carbonyl (C=O) groups is 1. The number of benzene rings is 2. The second-order valence-corrected chi connectivity index (χ2v) is 9.23. The van der Waals surface area contributed by atoms with Gasteiger partial charge in [0.15, 0.2) is 0 Å². The number of ether oxygens (including phenoxy) is 1. The van der Waals surface area contributed by atoms with Crippen molar-refractivity contribution in [3.05, 3.63) is 59.1 Å². The number of anilines is 1. The number of para-hydroxylation sites is 1. The fourth-order valence-corrected chi connectivity index (χ4v) is 4.03. The zero-order valence-corrected chi connectivity index (χ0v) is 18.5. The highest BCUT2D eigenvalue weighted by Gasteiger charge is 2.20. The number of halogens is 1. The van der Waals surface area contributed by atoms with Crippen LogP contribution in [0.2, 0.25) is 5.02 Å². The normalized spacial score (nSPS) is 12.3. The van der Waals surface area contributed by atoms with Gasteiger partial charge in [-0.3, -0.25) is 9.10 Å². The number of sulfonamides is 1. The van der Waals surface area contributed by atoms with Crippen molar-refractivity contribution < 1.29 is 17.9 Å². The molecule has 0 spiro atoms. The number of amides is 1. The molecule has 0 aliphatic heterocycles. The Hall–Kier alpha value is -2.25. The maximum absolute atomic E-state index is 12.2. The number of carbonyl (C=O) groups excluding carboxylic acids is 1. The zero-order valence-electron chi connectivity index (χ0n) is 16.9. The molecule has 6 nitrogen and oxygen atoms in total. The van der Waals surface area contributed by atoms with E-state index in [-0.39, 0.29) is 24.9 Å². The van der Waals surface area contributed by atoms with Crippen LogP contribution in [0.25, 0.3) is 0 Å². The molecule has 158 valence electrons. The average Bonchev–Trinajstić information content (AvgIpc) is 2.66. The molecule has 0 saturated carbocycles. The Morgan fingerprint density at radius 1 is 1.17 bits per heavy atom. The third-order valence-corrected chi connectivity index (χ3v) is 5.91. The van der Waals surface area contributed by atoms with E-state index < -0.39 is 10.0 Å². The molecule has 2 aromatic carbocycles. The van der Waals surface area contributed by atoms with Gasteiger partial charge in [-0.25, -0.2) is 8.42 Å². The van der Waals surface area contributed by atoms with Gasteiger partial charge in [0.05, 0.1) is 18.0 Å². The minimum atomic E-state index is -3.49. The monoisotopic (exact) mass is 438 g/mol. The van der Waals surface area contributed by atoms with E-state index in [1.807, 2.05) is 37.3 Å². The SMILES string of the molecule is Cc1c(Cl)cccc1N(CCCC(=O)NC(C)COc1ccccc1)S(C)(=O)=O. The number of hydrogen-bond donors (Lipinski definition) is 1. The number of nitrogens with one attached hydrogen (secondary N) is 1. The quantitative estimate of drug-likeness (QED) is 0.612. The van der Waals surface area contributed by atoms with Gasteiger partial charge in [0, 0.05) is 18.0 Å². The van der Waals surface area contributed by atoms with Crippen LogP contribution in [0.3, 0.4) is 0 Å². The summed E-state index contributed by atoms with van der Waals surface area (Å²) < 4.78 is 31.4.